The summed E-state index contributed by atoms with van der Waals surface area (Å²) in [4.78, 5) is 25.1. The summed E-state index contributed by atoms with van der Waals surface area (Å²) < 4.78 is 7.55. The molecule has 1 amide bonds. The van der Waals surface area contributed by atoms with Gasteiger partial charge in [0.2, 0.25) is 0 Å². The maximum absolute atomic E-state index is 12.5. The topological polar surface area (TPSA) is 72.7 Å². The first kappa shape index (κ1) is 21.8. The summed E-state index contributed by atoms with van der Waals surface area (Å²) in [6, 6.07) is 25.3. The Bertz CT molecular complexity index is 1290. The molecule has 33 heavy (non-hydrogen) atoms. The van der Waals surface area contributed by atoms with Gasteiger partial charge in [-0.25, -0.2) is 10.2 Å². The molecule has 4 rings (SSSR count). The third kappa shape index (κ3) is 5.25. The SMILES string of the molecule is C/C(=N\NC(=O)c1ccc(-n2cccc2)cc1)c1ccccc1OC(=O)c1ccc(C)cc1. The minimum atomic E-state index is -0.456. The van der Waals surface area contributed by atoms with E-state index < -0.39 is 5.97 Å². The van der Waals surface area contributed by atoms with E-state index in [0.29, 0.717) is 28.2 Å². The van der Waals surface area contributed by atoms with E-state index in [0.717, 1.165) is 11.3 Å². The van der Waals surface area contributed by atoms with E-state index in [1.165, 1.54) is 0 Å². The summed E-state index contributed by atoms with van der Waals surface area (Å²) in [6.45, 7) is 3.70. The Morgan fingerprint density at radius 2 is 1.45 bits per heavy atom. The molecule has 0 bridgehead atoms. The second-order valence-electron chi connectivity index (χ2n) is 7.53. The van der Waals surface area contributed by atoms with E-state index in [1.54, 1.807) is 49.4 Å². The van der Waals surface area contributed by atoms with Gasteiger partial charge in [-0.2, -0.15) is 5.10 Å². The van der Waals surface area contributed by atoms with Crippen LogP contribution < -0.4 is 10.2 Å². The van der Waals surface area contributed by atoms with Crippen molar-refractivity contribution in [1.29, 1.82) is 0 Å². The number of esters is 1. The van der Waals surface area contributed by atoms with Crippen LogP contribution in [0.15, 0.2) is 102 Å². The lowest BCUT2D eigenvalue weighted by Crippen LogP contribution is -2.19. The molecule has 0 saturated carbocycles. The number of hydrazone groups is 1. The number of carbonyl (C=O) groups excluding carboxylic acids is 2. The predicted molar refractivity (Wildman–Crippen MR) is 128 cm³/mol. The molecule has 0 radical (unpaired) electrons. The zero-order chi connectivity index (χ0) is 23.2. The van der Waals surface area contributed by atoms with Crippen molar-refractivity contribution in [2.75, 3.05) is 0 Å². The van der Waals surface area contributed by atoms with Gasteiger partial charge < -0.3 is 9.30 Å². The highest BCUT2D eigenvalue weighted by atomic mass is 16.5. The maximum Gasteiger partial charge on any atom is 0.343 e. The molecule has 1 heterocycles. The van der Waals surface area contributed by atoms with Crippen molar-refractivity contribution in [2.24, 2.45) is 5.10 Å². The smallest absolute Gasteiger partial charge is 0.343 e. The summed E-state index contributed by atoms with van der Waals surface area (Å²) in [6.07, 6.45) is 3.87. The van der Waals surface area contributed by atoms with Crippen LogP contribution in [0, 0.1) is 6.92 Å². The maximum atomic E-state index is 12.5. The number of nitrogens with one attached hydrogen (secondary N) is 1. The molecule has 164 valence electrons. The van der Waals surface area contributed by atoms with Crippen molar-refractivity contribution in [3.8, 4) is 11.4 Å². The molecular weight excluding hydrogens is 414 g/mol. The van der Waals surface area contributed by atoms with E-state index in [2.05, 4.69) is 10.5 Å². The van der Waals surface area contributed by atoms with E-state index in [-0.39, 0.29) is 5.91 Å². The van der Waals surface area contributed by atoms with Crippen LogP contribution in [0.3, 0.4) is 0 Å². The number of benzene rings is 3. The van der Waals surface area contributed by atoms with Gasteiger partial charge in [-0.15, -0.1) is 0 Å². The summed E-state index contributed by atoms with van der Waals surface area (Å²) >= 11 is 0. The van der Waals surface area contributed by atoms with E-state index in [1.807, 2.05) is 66.3 Å². The second kappa shape index (κ2) is 9.78. The summed E-state index contributed by atoms with van der Waals surface area (Å²) in [7, 11) is 0. The average Bonchev–Trinajstić information content (AvgIpc) is 3.38. The lowest BCUT2D eigenvalue weighted by Gasteiger charge is -2.10. The molecule has 0 atom stereocenters. The van der Waals surface area contributed by atoms with Gasteiger partial charge in [0.05, 0.1) is 11.3 Å². The van der Waals surface area contributed by atoms with E-state index in [4.69, 9.17) is 4.74 Å². The first-order valence-electron chi connectivity index (χ1n) is 10.5. The minimum Gasteiger partial charge on any atom is -0.422 e. The van der Waals surface area contributed by atoms with Crippen LogP contribution in [-0.4, -0.2) is 22.2 Å². The molecular formula is C27H23N3O3. The molecule has 0 spiro atoms. The number of aromatic nitrogens is 1. The fourth-order valence-corrected chi connectivity index (χ4v) is 3.25. The summed E-state index contributed by atoms with van der Waals surface area (Å²) in [5.41, 5.74) is 6.66. The van der Waals surface area contributed by atoms with Gasteiger partial charge in [-0.3, -0.25) is 4.79 Å². The number of rotatable bonds is 6. The highest BCUT2D eigenvalue weighted by Crippen LogP contribution is 2.20. The van der Waals surface area contributed by atoms with Crippen LogP contribution in [0.4, 0.5) is 0 Å². The Morgan fingerprint density at radius 1 is 0.818 bits per heavy atom. The number of hydrogen-bond acceptors (Lipinski definition) is 4. The quantitative estimate of drug-likeness (QED) is 0.196. The van der Waals surface area contributed by atoms with Crippen molar-refractivity contribution in [1.82, 2.24) is 9.99 Å². The highest BCUT2D eigenvalue weighted by molar-refractivity contribution is 6.03. The molecule has 0 saturated heterocycles. The summed E-state index contributed by atoms with van der Waals surface area (Å²) in [5.74, 6) is -0.417. The Balaban J connectivity index is 1.46. The Kier molecular flexibility index (Phi) is 6.45. The van der Waals surface area contributed by atoms with E-state index in [9.17, 15) is 9.59 Å². The molecule has 1 aromatic heterocycles. The molecule has 6 heteroatoms. The minimum absolute atomic E-state index is 0.331. The molecule has 0 aliphatic carbocycles. The first-order chi connectivity index (χ1) is 16.0. The number of amides is 1. The predicted octanol–water partition coefficient (Wildman–Crippen LogP) is 5.16. The standard InChI is InChI=1S/C27H23N3O3/c1-19-9-11-22(12-10-19)27(32)33-25-8-4-3-7-24(25)20(2)28-29-26(31)21-13-15-23(16-14-21)30-17-5-6-18-30/h3-18H,1-2H3,(H,29,31)/b28-20+. The zero-order valence-corrected chi connectivity index (χ0v) is 18.4. The molecule has 1 N–H and O–H groups in total. The molecule has 0 unspecified atom stereocenters. The fourth-order valence-electron chi connectivity index (χ4n) is 3.25. The van der Waals surface area contributed by atoms with E-state index >= 15 is 0 Å². The Hall–Kier alpha value is -4.45. The molecule has 0 aliphatic heterocycles. The van der Waals surface area contributed by atoms with Crippen LogP contribution in [0.1, 0.15) is 38.8 Å². The van der Waals surface area contributed by atoms with Crippen molar-refractivity contribution < 1.29 is 14.3 Å². The van der Waals surface area contributed by atoms with Gasteiger partial charge in [0.15, 0.2) is 0 Å². The van der Waals surface area contributed by atoms with Gasteiger partial charge in [-0.05, 0) is 74.5 Å². The van der Waals surface area contributed by atoms with Crippen LogP contribution >= 0.6 is 0 Å². The number of ether oxygens (including phenoxy) is 1. The van der Waals surface area contributed by atoms with Gasteiger partial charge in [-0.1, -0.05) is 29.8 Å². The number of nitrogens with zero attached hydrogens (tertiary/aromatic N) is 2. The normalized spacial score (nSPS) is 11.2. The average molecular weight is 437 g/mol. The van der Waals surface area contributed by atoms with Crippen LogP contribution in [-0.2, 0) is 0 Å². The van der Waals surface area contributed by atoms with Crippen molar-refractivity contribution in [3.05, 3.63) is 120 Å². The molecule has 0 fully saturated rings. The lowest BCUT2D eigenvalue weighted by molar-refractivity contribution is 0.0734. The Morgan fingerprint density at radius 3 is 2.15 bits per heavy atom. The molecule has 3 aromatic carbocycles. The number of carbonyl (C=O) groups is 2. The van der Waals surface area contributed by atoms with Crippen molar-refractivity contribution >= 4 is 17.6 Å². The van der Waals surface area contributed by atoms with Crippen LogP contribution in [0.5, 0.6) is 5.75 Å². The molecule has 6 nitrogen and oxygen atoms in total. The van der Waals surface area contributed by atoms with Crippen molar-refractivity contribution in [2.45, 2.75) is 13.8 Å². The largest absolute Gasteiger partial charge is 0.422 e. The monoisotopic (exact) mass is 437 g/mol. The third-order valence-corrected chi connectivity index (χ3v) is 5.12. The van der Waals surface area contributed by atoms with Crippen LogP contribution in [0.25, 0.3) is 5.69 Å². The summed E-state index contributed by atoms with van der Waals surface area (Å²) in [5, 5.41) is 4.22. The zero-order valence-electron chi connectivity index (χ0n) is 18.4. The molecule has 4 aromatic rings. The number of para-hydroxylation sites is 1. The van der Waals surface area contributed by atoms with Gasteiger partial charge in [0, 0.05) is 29.2 Å². The Labute approximate surface area is 192 Å². The number of aryl methyl sites for hydroxylation is 1. The molecule has 0 aliphatic rings. The van der Waals surface area contributed by atoms with Crippen LogP contribution in [0.2, 0.25) is 0 Å². The fraction of sp³-hybridized carbons (Fsp3) is 0.0741. The van der Waals surface area contributed by atoms with Crippen molar-refractivity contribution in [3.63, 3.8) is 0 Å². The van der Waals surface area contributed by atoms with Gasteiger partial charge in [0.25, 0.3) is 5.91 Å². The first-order valence-corrected chi connectivity index (χ1v) is 10.5. The second-order valence-corrected chi connectivity index (χ2v) is 7.53. The lowest BCUT2D eigenvalue weighted by atomic mass is 10.1. The highest BCUT2D eigenvalue weighted by Gasteiger charge is 2.13. The number of hydrogen-bond donors (Lipinski definition) is 1. The van der Waals surface area contributed by atoms with Gasteiger partial charge >= 0.3 is 5.97 Å². The third-order valence-electron chi connectivity index (χ3n) is 5.12. The van der Waals surface area contributed by atoms with Gasteiger partial charge in [0.1, 0.15) is 5.75 Å².